The number of anilines is 1. The largest absolute Gasteiger partial charge is 0.484 e. The third-order valence-corrected chi connectivity index (χ3v) is 7.55. The van der Waals surface area contributed by atoms with Gasteiger partial charge in [-0.15, -0.1) is 0 Å². The zero-order valence-electron chi connectivity index (χ0n) is 20.0. The predicted molar refractivity (Wildman–Crippen MR) is 141 cm³/mol. The van der Waals surface area contributed by atoms with Crippen molar-refractivity contribution in [3.05, 3.63) is 126 Å². The Morgan fingerprint density at radius 2 is 1.17 bits per heavy atom. The average molecular weight is 501 g/mol. The molecule has 0 aromatic heterocycles. The van der Waals surface area contributed by atoms with Gasteiger partial charge in [0.05, 0.1) is 10.6 Å². The monoisotopic (exact) mass is 500 g/mol. The summed E-state index contributed by atoms with van der Waals surface area (Å²) in [4.78, 5) is 15.1. The molecule has 0 aliphatic rings. The Morgan fingerprint density at radius 3 is 1.67 bits per heavy atom. The summed E-state index contributed by atoms with van der Waals surface area (Å²) in [5.41, 5.74) is 2.56. The topological polar surface area (TPSA) is 66.9 Å². The highest BCUT2D eigenvalue weighted by Gasteiger charge is 2.21. The molecule has 0 atom stereocenters. The number of carbonyl (C=O) groups is 1. The van der Waals surface area contributed by atoms with E-state index in [9.17, 15) is 13.2 Å². The first-order valence-corrected chi connectivity index (χ1v) is 13.0. The van der Waals surface area contributed by atoms with Crippen LogP contribution in [0.5, 0.6) is 5.75 Å². The SMILES string of the molecule is CN(c1ccc(OCC(=O)N(Cc2ccccc2)Cc2ccccc2)cc1)S(=O)(=O)c1ccccc1. The van der Waals surface area contributed by atoms with Crippen LogP contribution in [0.15, 0.2) is 120 Å². The van der Waals surface area contributed by atoms with E-state index < -0.39 is 10.0 Å². The molecule has 4 aromatic carbocycles. The normalized spacial score (nSPS) is 11.0. The van der Waals surface area contributed by atoms with Crippen LogP contribution in [0, 0.1) is 0 Å². The number of sulfonamides is 1. The highest BCUT2D eigenvalue weighted by Crippen LogP contribution is 2.24. The highest BCUT2D eigenvalue weighted by molar-refractivity contribution is 7.92. The minimum atomic E-state index is -3.67. The van der Waals surface area contributed by atoms with Crippen molar-refractivity contribution in [3.8, 4) is 5.75 Å². The fourth-order valence-corrected chi connectivity index (χ4v) is 4.93. The molecule has 0 aliphatic heterocycles. The van der Waals surface area contributed by atoms with Gasteiger partial charge < -0.3 is 9.64 Å². The van der Waals surface area contributed by atoms with E-state index in [1.54, 1.807) is 59.5 Å². The molecule has 0 aliphatic carbocycles. The van der Waals surface area contributed by atoms with Gasteiger partial charge in [0.2, 0.25) is 0 Å². The zero-order valence-corrected chi connectivity index (χ0v) is 20.8. The lowest BCUT2D eigenvalue weighted by Crippen LogP contribution is -2.34. The fraction of sp³-hybridized carbons (Fsp3) is 0.138. The second-order valence-corrected chi connectivity index (χ2v) is 10.3. The third-order valence-electron chi connectivity index (χ3n) is 5.75. The van der Waals surface area contributed by atoms with Gasteiger partial charge in [-0.05, 0) is 47.5 Å². The first-order valence-electron chi connectivity index (χ1n) is 11.6. The van der Waals surface area contributed by atoms with Gasteiger partial charge in [0, 0.05) is 20.1 Å². The quantitative estimate of drug-likeness (QED) is 0.303. The smallest absolute Gasteiger partial charge is 0.264 e. The molecule has 0 saturated carbocycles. The summed E-state index contributed by atoms with van der Waals surface area (Å²) in [6, 6.07) is 34.6. The van der Waals surface area contributed by atoms with Gasteiger partial charge in [-0.3, -0.25) is 9.10 Å². The molecule has 0 radical (unpaired) electrons. The number of benzene rings is 4. The second kappa shape index (κ2) is 11.6. The van der Waals surface area contributed by atoms with Gasteiger partial charge in [0.15, 0.2) is 6.61 Å². The standard InChI is InChI=1S/C29H28N2O4S/c1-30(36(33,34)28-15-9-4-10-16-28)26-17-19-27(20-18-26)35-23-29(32)31(21-24-11-5-2-6-12-24)22-25-13-7-3-8-14-25/h2-20H,21-23H2,1H3. The summed E-state index contributed by atoms with van der Waals surface area (Å²) in [5.74, 6) is 0.340. The molecule has 1 amide bonds. The maximum absolute atomic E-state index is 13.1. The van der Waals surface area contributed by atoms with Gasteiger partial charge in [-0.2, -0.15) is 0 Å². The molecule has 0 N–H and O–H groups in total. The summed E-state index contributed by atoms with van der Waals surface area (Å²) < 4.78 is 32.7. The highest BCUT2D eigenvalue weighted by atomic mass is 32.2. The number of carbonyl (C=O) groups excluding carboxylic acids is 1. The number of rotatable bonds is 10. The molecule has 7 heteroatoms. The summed E-state index contributed by atoms with van der Waals surface area (Å²) in [5, 5.41) is 0. The molecule has 0 fully saturated rings. The summed E-state index contributed by atoms with van der Waals surface area (Å²) in [6.07, 6.45) is 0. The molecule has 0 unspecified atom stereocenters. The van der Waals surface area contributed by atoms with Crippen LogP contribution in [0.2, 0.25) is 0 Å². The van der Waals surface area contributed by atoms with Crippen LogP contribution < -0.4 is 9.04 Å². The molecule has 6 nitrogen and oxygen atoms in total. The Bertz CT molecular complexity index is 1320. The van der Waals surface area contributed by atoms with Crippen molar-refractivity contribution in [2.45, 2.75) is 18.0 Å². The van der Waals surface area contributed by atoms with Crippen LogP contribution in [0.3, 0.4) is 0 Å². The first kappa shape index (κ1) is 25.0. The maximum atomic E-state index is 13.1. The lowest BCUT2D eigenvalue weighted by Gasteiger charge is -2.23. The van der Waals surface area contributed by atoms with E-state index in [1.807, 2.05) is 60.7 Å². The Morgan fingerprint density at radius 1 is 0.694 bits per heavy atom. The van der Waals surface area contributed by atoms with Gasteiger partial charge in [0.1, 0.15) is 5.75 Å². The van der Waals surface area contributed by atoms with Crippen LogP contribution in [0.1, 0.15) is 11.1 Å². The minimum Gasteiger partial charge on any atom is -0.484 e. The van der Waals surface area contributed by atoms with E-state index in [2.05, 4.69) is 0 Å². The summed E-state index contributed by atoms with van der Waals surface area (Å²) in [6.45, 7) is 0.815. The average Bonchev–Trinajstić information content (AvgIpc) is 2.93. The third kappa shape index (κ3) is 6.31. The number of nitrogens with zero attached hydrogens (tertiary/aromatic N) is 2. The van der Waals surface area contributed by atoms with Crippen LogP contribution >= 0.6 is 0 Å². The van der Waals surface area contributed by atoms with Crippen molar-refractivity contribution < 1.29 is 17.9 Å². The Labute approximate surface area is 212 Å². The number of amides is 1. The van der Waals surface area contributed by atoms with E-state index in [1.165, 1.54) is 11.4 Å². The molecule has 0 saturated heterocycles. The molecule has 0 bridgehead atoms. The van der Waals surface area contributed by atoms with Crippen molar-refractivity contribution in [3.63, 3.8) is 0 Å². The van der Waals surface area contributed by atoms with Crippen molar-refractivity contribution in [1.29, 1.82) is 0 Å². The predicted octanol–water partition coefficient (Wildman–Crippen LogP) is 5.12. The molecular formula is C29H28N2O4S. The van der Waals surface area contributed by atoms with Gasteiger partial charge >= 0.3 is 0 Å². The number of ether oxygens (including phenoxy) is 1. The maximum Gasteiger partial charge on any atom is 0.264 e. The fourth-order valence-electron chi connectivity index (χ4n) is 3.72. The van der Waals surface area contributed by atoms with Crippen LogP contribution in [0.25, 0.3) is 0 Å². The lowest BCUT2D eigenvalue weighted by molar-refractivity contribution is -0.134. The summed E-state index contributed by atoms with van der Waals surface area (Å²) >= 11 is 0. The number of hydrogen-bond acceptors (Lipinski definition) is 4. The number of hydrogen-bond donors (Lipinski definition) is 0. The van der Waals surface area contributed by atoms with Crippen LogP contribution in [-0.4, -0.2) is 32.9 Å². The second-order valence-electron chi connectivity index (χ2n) is 8.29. The molecule has 0 heterocycles. The Balaban J connectivity index is 1.41. The van der Waals surface area contributed by atoms with Crippen LogP contribution in [-0.2, 0) is 27.9 Å². The first-order chi connectivity index (χ1) is 17.4. The summed E-state index contributed by atoms with van der Waals surface area (Å²) in [7, 11) is -2.16. The van der Waals surface area contributed by atoms with E-state index >= 15 is 0 Å². The lowest BCUT2D eigenvalue weighted by atomic mass is 10.1. The van der Waals surface area contributed by atoms with E-state index in [-0.39, 0.29) is 17.4 Å². The van der Waals surface area contributed by atoms with Crippen molar-refractivity contribution in [2.75, 3.05) is 18.0 Å². The Hall–Kier alpha value is -4.10. The van der Waals surface area contributed by atoms with Crippen LogP contribution in [0.4, 0.5) is 5.69 Å². The zero-order chi connectivity index (χ0) is 25.4. The van der Waals surface area contributed by atoms with Gasteiger partial charge in [-0.25, -0.2) is 8.42 Å². The minimum absolute atomic E-state index is 0.128. The van der Waals surface area contributed by atoms with Crippen molar-refractivity contribution >= 4 is 21.6 Å². The Kier molecular flexibility index (Phi) is 8.02. The molecule has 4 aromatic rings. The molecular weight excluding hydrogens is 472 g/mol. The van der Waals surface area contributed by atoms with Gasteiger partial charge in [0.25, 0.3) is 15.9 Å². The van der Waals surface area contributed by atoms with E-state index in [0.29, 0.717) is 24.5 Å². The van der Waals surface area contributed by atoms with E-state index in [0.717, 1.165) is 11.1 Å². The molecule has 0 spiro atoms. The molecule has 184 valence electrons. The van der Waals surface area contributed by atoms with Crippen molar-refractivity contribution in [1.82, 2.24) is 4.90 Å². The van der Waals surface area contributed by atoms with Gasteiger partial charge in [-0.1, -0.05) is 78.9 Å². The molecule has 4 rings (SSSR count). The van der Waals surface area contributed by atoms with E-state index in [4.69, 9.17) is 4.74 Å². The molecule has 36 heavy (non-hydrogen) atoms. The van der Waals surface area contributed by atoms with Crippen molar-refractivity contribution in [2.24, 2.45) is 0 Å².